The summed E-state index contributed by atoms with van der Waals surface area (Å²) in [7, 11) is -2.46. The predicted molar refractivity (Wildman–Crippen MR) is 68.9 cm³/mol. The van der Waals surface area contributed by atoms with E-state index in [0.29, 0.717) is 12.2 Å². The quantitative estimate of drug-likeness (QED) is 0.890. The molecular weight excluding hydrogens is 268 g/mol. The molecule has 0 heterocycles. The monoisotopic (exact) mass is 284 g/mol. The van der Waals surface area contributed by atoms with E-state index < -0.39 is 20.6 Å². The largest absolute Gasteiger partial charge is 0.497 e. The highest BCUT2D eigenvalue weighted by molar-refractivity contribution is 7.94. The minimum absolute atomic E-state index is 0.00481. The van der Waals surface area contributed by atoms with Crippen molar-refractivity contribution in [3.05, 3.63) is 24.3 Å². The van der Waals surface area contributed by atoms with E-state index in [9.17, 15) is 18.3 Å². The number of carbonyl (C=O) groups is 1. The molecule has 1 aliphatic rings. The maximum atomic E-state index is 12.6. The summed E-state index contributed by atoms with van der Waals surface area (Å²) in [6.45, 7) is 1.80. The van der Waals surface area contributed by atoms with Gasteiger partial charge in [-0.15, -0.1) is 0 Å². The summed E-state index contributed by atoms with van der Waals surface area (Å²) in [6, 6.07) is 5.94. The van der Waals surface area contributed by atoms with Crippen molar-refractivity contribution in [1.82, 2.24) is 0 Å². The fourth-order valence-corrected chi connectivity index (χ4v) is 4.67. The Morgan fingerprint density at radius 1 is 1.53 bits per heavy atom. The van der Waals surface area contributed by atoms with Crippen LogP contribution in [0, 0.1) is 5.92 Å². The molecule has 0 radical (unpaired) electrons. The number of rotatable bonds is 5. The molecule has 0 amide bonds. The van der Waals surface area contributed by atoms with Gasteiger partial charge in [0, 0.05) is 0 Å². The van der Waals surface area contributed by atoms with E-state index in [1.54, 1.807) is 19.1 Å². The smallest absolute Gasteiger partial charge is 0.325 e. The standard InChI is InChI=1S/C13H16O5S/c1-3-9-8-13(9,12(14)15)19(16,17)11-6-4-5-10(7-11)18-2/h4-7,9H,3,8H2,1-2H3,(H,14,15). The normalized spacial score (nSPS) is 25.9. The molecule has 1 aromatic carbocycles. The fraction of sp³-hybridized carbons (Fsp3) is 0.462. The number of hydrogen-bond acceptors (Lipinski definition) is 4. The molecule has 0 spiro atoms. The van der Waals surface area contributed by atoms with Crippen molar-refractivity contribution < 1.29 is 23.1 Å². The van der Waals surface area contributed by atoms with Gasteiger partial charge in [0.05, 0.1) is 12.0 Å². The third-order valence-electron chi connectivity index (χ3n) is 3.73. The molecule has 0 saturated heterocycles. The maximum absolute atomic E-state index is 12.6. The van der Waals surface area contributed by atoms with Gasteiger partial charge in [0.1, 0.15) is 5.75 Å². The topological polar surface area (TPSA) is 80.7 Å². The number of sulfone groups is 1. The van der Waals surface area contributed by atoms with Crippen LogP contribution in [0.1, 0.15) is 19.8 Å². The number of carboxylic acid groups (broad SMARTS) is 1. The summed E-state index contributed by atoms with van der Waals surface area (Å²) < 4.78 is 28.4. The molecule has 0 aromatic heterocycles. The Morgan fingerprint density at radius 3 is 2.68 bits per heavy atom. The SMILES string of the molecule is CCC1CC1(C(=O)O)S(=O)(=O)c1cccc(OC)c1. The average molecular weight is 284 g/mol. The lowest BCUT2D eigenvalue weighted by molar-refractivity contribution is -0.137. The number of aliphatic carboxylic acids is 1. The van der Waals surface area contributed by atoms with E-state index in [1.165, 1.54) is 19.2 Å². The molecule has 2 unspecified atom stereocenters. The molecule has 1 saturated carbocycles. The van der Waals surface area contributed by atoms with Crippen LogP contribution in [0.15, 0.2) is 29.2 Å². The Bertz CT molecular complexity index is 607. The van der Waals surface area contributed by atoms with Gasteiger partial charge < -0.3 is 9.84 Å². The van der Waals surface area contributed by atoms with Crippen LogP contribution < -0.4 is 4.74 Å². The lowest BCUT2D eigenvalue weighted by atomic mass is 10.2. The molecule has 0 aliphatic heterocycles. The molecule has 1 fully saturated rings. The average Bonchev–Trinajstić information content (AvgIpc) is 3.15. The molecule has 1 aromatic rings. The second-order valence-corrected chi connectivity index (χ2v) is 6.89. The first-order valence-electron chi connectivity index (χ1n) is 6.02. The van der Waals surface area contributed by atoms with Gasteiger partial charge in [-0.3, -0.25) is 4.79 Å². The summed E-state index contributed by atoms with van der Waals surface area (Å²) >= 11 is 0. The van der Waals surface area contributed by atoms with Crippen LogP contribution in [-0.4, -0.2) is 31.4 Å². The molecule has 1 aliphatic carbocycles. The Labute approximate surface area is 112 Å². The maximum Gasteiger partial charge on any atom is 0.325 e. The zero-order valence-corrected chi connectivity index (χ0v) is 11.6. The van der Waals surface area contributed by atoms with Crippen LogP contribution in [0.2, 0.25) is 0 Å². The second-order valence-electron chi connectivity index (χ2n) is 4.69. The first kappa shape index (κ1) is 13.9. The van der Waals surface area contributed by atoms with Crippen molar-refractivity contribution in [3.63, 3.8) is 0 Å². The third kappa shape index (κ3) is 1.90. The van der Waals surface area contributed by atoms with Crippen LogP contribution in [0.3, 0.4) is 0 Å². The number of benzene rings is 1. The van der Waals surface area contributed by atoms with Gasteiger partial charge in [-0.25, -0.2) is 8.42 Å². The highest BCUT2D eigenvalue weighted by atomic mass is 32.2. The molecule has 19 heavy (non-hydrogen) atoms. The zero-order valence-electron chi connectivity index (χ0n) is 10.8. The number of hydrogen-bond donors (Lipinski definition) is 1. The Balaban J connectivity index is 2.50. The van der Waals surface area contributed by atoms with Gasteiger partial charge in [-0.05, 0) is 30.5 Å². The van der Waals surface area contributed by atoms with Gasteiger partial charge >= 0.3 is 5.97 Å². The summed E-state index contributed by atoms with van der Waals surface area (Å²) in [5, 5.41) is 9.32. The molecular formula is C13H16O5S. The molecule has 104 valence electrons. The van der Waals surface area contributed by atoms with Gasteiger partial charge in [0.25, 0.3) is 0 Å². The summed E-state index contributed by atoms with van der Waals surface area (Å²) in [6.07, 6.45) is 0.716. The van der Waals surface area contributed by atoms with Crippen LogP contribution in [0.25, 0.3) is 0 Å². The van der Waals surface area contributed by atoms with E-state index in [4.69, 9.17) is 4.74 Å². The Hall–Kier alpha value is -1.56. The van der Waals surface area contributed by atoms with Crippen LogP contribution >= 0.6 is 0 Å². The predicted octanol–water partition coefficient (Wildman–Crippen LogP) is 1.72. The minimum Gasteiger partial charge on any atom is -0.497 e. The highest BCUT2D eigenvalue weighted by Crippen LogP contribution is 2.54. The third-order valence-corrected chi connectivity index (χ3v) is 6.24. The lowest BCUT2D eigenvalue weighted by Gasteiger charge is -2.14. The van der Waals surface area contributed by atoms with Gasteiger partial charge in [-0.2, -0.15) is 0 Å². The van der Waals surface area contributed by atoms with Crippen LogP contribution in [0.4, 0.5) is 0 Å². The van der Waals surface area contributed by atoms with Gasteiger partial charge in [-0.1, -0.05) is 19.4 Å². The summed E-state index contributed by atoms with van der Waals surface area (Å²) in [5.74, 6) is -1.18. The van der Waals surface area contributed by atoms with Crippen molar-refractivity contribution >= 4 is 15.8 Å². The number of methoxy groups -OCH3 is 1. The molecule has 1 N–H and O–H groups in total. The van der Waals surface area contributed by atoms with E-state index in [0.717, 1.165) is 0 Å². The highest BCUT2D eigenvalue weighted by Gasteiger charge is 2.69. The van der Waals surface area contributed by atoms with Crippen molar-refractivity contribution in [1.29, 1.82) is 0 Å². The zero-order chi connectivity index (χ0) is 14.3. The van der Waals surface area contributed by atoms with Crippen molar-refractivity contribution in [2.24, 2.45) is 5.92 Å². The molecule has 6 heteroatoms. The fourth-order valence-electron chi connectivity index (χ4n) is 2.47. The molecule has 2 atom stereocenters. The lowest BCUT2D eigenvalue weighted by Crippen LogP contribution is -2.34. The molecule has 5 nitrogen and oxygen atoms in total. The van der Waals surface area contributed by atoms with E-state index in [2.05, 4.69) is 0 Å². The van der Waals surface area contributed by atoms with Crippen LogP contribution in [0.5, 0.6) is 5.75 Å². The van der Waals surface area contributed by atoms with E-state index in [1.807, 2.05) is 0 Å². The van der Waals surface area contributed by atoms with Crippen molar-refractivity contribution in [3.8, 4) is 5.75 Å². The molecule has 0 bridgehead atoms. The summed E-state index contributed by atoms with van der Waals surface area (Å²) in [5.41, 5.74) is 0. The number of ether oxygens (including phenoxy) is 1. The van der Waals surface area contributed by atoms with E-state index >= 15 is 0 Å². The molecule has 2 rings (SSSR count). The van der Waals surface area contributed by atoms with Gasteiger partial charge in [0.2, 0.25) is 0 Å². The summed E-state index contributed by atoms with van der Waals surface area (Å²) in [4.78, 5) is 11.4. The van der Waals surface area contributed by atoms with E-state index in [-0.39, 0.29) is 17.2 Å². The first-order chi connectivity index (χ1) is 8.90. The Morgan fingerprint density at radius 2 is 2.21 bits per heavy atom. The Kier molecular flexibility index (Phi) is 3.30. The second kappa shape index (κ2) is 4.52. The van der Waals surface area contributed by atoms with Crippen LogP contribution in [-0.2, 0) is 14.6 Å². The van der Waals surface area contributed by atoms with Crippen molar-refractivity contribution in [2.45, 2.75) is 29.4 Å². The minimum atomic E-state index is -3.90. The van der Waals surface area contributed by atoms with Crippen molar-refractivity contribution in [2.75, 3.05) is 7.11 Å². The van der Waals surface area contributed by atoms with Gasteiger partial charge in [0.15, 0.2) is 14.6 Å². The first-order valence-corrected chi connectivity index (χ1v) is 7.50. The number of carboxylic acids is 1.